The Morgan fingerprint density at radius 1 is 1.35 bits per heavy atom. The number of hydrogen-bond acceptors (Lipinski definition) is 3. The Hall–Kier alpha value is -2.01. The van der Waals surface area contributed by atoms with Crippen LogP contribution in [0.1, 0.15) is 38.7 Å². The molecular weight excluding hydrogens is 326 g/mol. The van der Waals surface area contributed by atoms with Gasteiger partial charge in [0, 0.05) is 42.7 Å². The predicted molar refractivity (Wildman–Crippen MR) is 105 cm³/mol. The number of carbonyl (C=O) groups excluding carboxylic acids is 1. The molecule has 2 aromatic rings. The van der Waals surface area contributed by atoms with E-state index in [0.717, 1.165) is 44.6 Å². The van der Waals surface area contributed by atoms with E-state index < -0.39 is 0 Å². The normalized spacial score (nSPS) is 17.4. The molecule has 1 atom stereocenters. The van der Waals surface area contributed by atoms with Crippen molar-refractivity contribution in [3.63, 3.8) is 0 Å². The molecule has 1 amide bonds. The number of nitrogens with zero attached hydrogens (tertiary/aromatic N) is 2. The number of fused-ring (bicyclic) bond motifs is 1. The number of aromatic nitrogens is 1. The maximum absolute atomic E-state index is 12.3. The Morgan fingerprint density at radius 3 is 2.73 bits per heavy atom. The number of amides is 1. The average molecular weight is 357 g/mol. The Kier molecular flexibility index (Phi) is 5.87. The molecule has 0 bridgehead atoms. The number of carbonyl (C=O) groups is 1. The molecule has 0 spiro atoms. The van der Waals surface area contributed by atoms with Gasteiger partial charge in [-0.3, -0.25) is 9.69 Å². The monoisotopic (exact) mass is 357 g/mol. The van der Waals surface area contributed by atoms with Crippen LogP contribution in [0.3, 0.4) is 0 Å². The molecule has 26 heavy (non-hydrogen) atoms. The topological polar surface area (TPSA) is 46.5 Å². The molecule has 5 heteroatoms. The number of hydrogen-bond donors (Lipinski definition) is 1. The van der Waals surface area contributed by atoms with Gasteiger partial charge in [0.05, 0.1) is 7.11 Å². The van der Waals surface area contributed by atoms with Gasteiger partial charge in [-0.2, -0.15) is 0 Å². The van der Waals surface area contributed by atoms with Crippen LogP contribution in [-0.4, -0.2) is 41.6 Å². The fourth-order valence-corrected chi connectivity index (χ4v) is 3.76. The summed E-state index contributed by atoms with van der Waals surface area (Å²) < 4.78 is 7.57. The Morgan fingerprint density at radius 2 is 2.08 bits per heavy atom. The van der Waals surface area contributed by atoms with Crippen molar-refractivity contribution in [3.8, 4) is 5.75 Å². The largest absolute Gasteiger partial charge is 0.497 e. The number of likely N-dealkylation sites (tertiary alicyclic amines) is 1. The van der Waals surface area contributed by atoms with E-state index in [1.165, 1.54) is 16.5 Å². The summed E-state index contributed by atoms with van der Waals surface area (Å²) in [6.07, 6.45) is 5.08. The molecule has 1 fully saturated rings. The first kappa shape index (κ1) is 18.8. The lowest BCUT2D eigenvalue weighted by atomic mass is 9.95. The van der Waals surface area contributed by atoms with Crippen molar-refractivity contribution in [1.82, 2.24) is 14.8 Å². The molecule has 3 rings (SSSR count). The number of ether oxygens (including phenoxy) is 1. The van der Waals surface area contributed by atoms with Crippen molar-refractivity contribution in [2.24, 2.45) is 13.0 Å². The van der Waals surface area contributed by atoms with Crippen LogP contribution in [0.5, 0.6) is 5.75 Å². The van der Waals surface area contributed by atoms with Crippen molar-refractivity contribution in [2.75, 3.05) is 20.2 Å². The maximum Gasteiger partial charge on any atom is 0.223 e. The fraction of sp³-hybridized carbons (Fsp3) is 0.571. The highest BCUT2D eigenvalue weighted by Crippen LogP contribution is 2.28. The van der Waals surface area contributed by atoms with Gasteiger partial charge >= 0.3 is 0 Å². The van der Waals surface area contributed by atoms with Gasteiger partial charge in [-0.15, -0.1) is 0 Å². The summed E-state index contributed by atoms with van der Waals surface area (Å²) in [7, 11) is 3.79. The third-order valence-electron chi connectivity index (χ3n) is 5.63. The van der Waals surface area contributed by atoms with E-state index in [1.54, 1.807) is 7.11 Å². The molecule has 0 unspecified atom stereocenters. The van der Waals surface area contributed by atoms with Crippen molar-refractivity contribution in [2.45, 2.75) is 45.7 Å². The van der Waals surface area contributed by atoms with Crippen molar-refractivity contribution >= 4 is 16.8 Å². The minimum atomic E-state index is 0.160. The van der Waals surface area contributed by atoms with Gasteiger partial charge in [-0.25, -0.2) is 0 Å². The number of piperidine rings is 1. The second-order valence-electron chi connectivity index (χ2n) is 7.52. The van der Waals surface area contributed by atoms with Gasteiger partial charge in [-0.05, 0) is 63.0 Å². The van der Waals surface area contributed by atoms with Crippen LogP contribution in [0, 0.1) is 5.92 Å². The minimum absolute atomic E-state index is 0.160. The zero-order valence-electron chi connectivity index (χ0n) is 16.4. The summed E-state index contributed by atoms with van der Waals surface area (Å²) in [6.45, 7) is 7.04. The zero-order valence-corrected chi connectivity index (χ0v) is 16.4. The van der Waals surface area contributed by atoms with E-state index in [-0.39, 0.29) is 17.9 Å². The SMILES string of the molecule is CC[C@H](C)NC(=O)C1CCN(Cc2cn(C)c3ccc(OC)cc23)CC1. The minimum Gasteiger partial charge on any atom is -0.497 e. The predicted octanol–water partition coefficient (Wildman–Crippen LogP) is 3.31. The Balaban J connectivity index is 1.63. The molecule has 1 saturated heterocycles. The number of nitrogens with one attached hydrogen (secondary N) is 1. The third kappa shape index (κ3) is 4.04. The highest BCUT2D eigenvalue weighted by Gasteiger charge is 2.26. The molecule has 2 heterocycles. The molecule has 5 nitrogen and oxygen atoms in total. The van der Waals surface area contributed by atoms with Gasteiger partial charge < -0.3 is 14.6 Å². The summed E-state index contributed by atoms with van der Waals surface area (Å²) in [6, 6.07) is 6.51. The van der Waals surface area contributed by atoms with Crippen LogP contribution in [0.2, 0.25) is 0 Å². The summed E-state index contributed by atoms with van der Waals surface area (Å²) in [5.74, 6) is 1.28. The summed E-state index contributed by atoms with van der Waals surface area (Å²) in [5, 5.41) is 4.38. The lowest BCUT2D eigenvalue weighted by molar-refractivity contribution is -0.127. The molecule has 0 aliphatic carbocycles. The van der Waals surface area contributed by atoms with Crippen molar-refractivity contribution in [3.05, 3.63) is 30.0 Å². The van der Waals surface area contributed by atoms with E-state index in [0.29, 0.717) is 0 Å². The van der Waals surface area contributed by atoms with Crippen LogP contribution >= 0.6 is 0 Å². The van der Waals surface area contributed by atoms with Crippen LogP contribution in [0.25, 0.3) is 10.9 Å². The first-order chi connectivity index (χ1) is 12.5. The number of rotatable bonds is 6. The second-order valence-corrected chi connectivity index (χ2v) is 7.52. The number of aryl methyl sites for hydroxylation is 1. The zero-order chi connectivity index (χ0) is 18.7. The van der Waals surface area contributed by atoms with E-state index in [1.807, 2.05) is 6.07 Å². The Labute approximate surface area is 156 Å². The summed E-state index contributed by atoms with van der Waals surface area (Å²) >= 11 is 0. The van der Waals surface area contributed by atoms with Crippen LogP contribution in [0.15, 0.2) is 24.4 Å². The molecule has 142 valence electrons. The van der Waals surface area contributed by atoms with Crippen molar-refractivity contribution < 1.29 is 9.53 Å². The molecule has 1 aliphatic heterocycles. The standard InChI is InChI=1S/C21H31N3O2/c1-5-15(2)22-21(25)16-8-10-24(11-9-16)14-17-13-23(3)20-7-6-18(26-4)12-19(17)20/h6-7,12-13,15-16H,5,8-11,14H2,1-4H3,(H,22,25)/t15-/m0/s1. The van der Waals surface area contributed by atoms with E-state index in [9.17, 15) is 4.79 Å². The maximum atomic E-state index is 12.3. The Bertz CT molecular complexity index is 760. The van der Waals surface area contributed by atoms with Gasteiger partial charge in [0.2, 0.25) is 5.91 Å². The van der Waals surface area contributed by atoms with Crippen LogP contribution < -0.4 is 10.1 Å². The molecule has 1 aliphatic rings. The van der Waals surface area contributed by atoms with Gasteiger partial charge in [0.15, 0.2) is 0 Å². The molecule has 0 radical (unpaired) electrons. The van der Waals surface area contributed by atoms with E-state index in [4.69, 9.17) is 4.74 Å². The lowest BCUT2D eigenvalue weighted by Crippen LogP contribution is -2.42. The fourth-order valence-electron chi connectivity index (χ4n) is 3.76. The number of methoxy groups -OCH3 is 1. The second kappa shape index (κ2) is 8.12. The summed E-state index contributed by atoms with van der Waals surface area (Å²) in [4.78, 5) is 14.8. The van der Waals surface area contributed by atoms with Crippen molar-refractivity contribution in [1.29, 1.82) is 0 Å². The molecule has 1 aromatic carbocycles. The highest BCUT2D eigenvalue weighted by atomic mass is 16.5. The van der Waals surface area contributed by atoms with E-state index in [2.05, 4.69) is 54.0 Å². The highest BCUT2D eigenvalue weighted by molar-refractivity contribution is 5.85. The first-order valence-corrected chi connectivity index (χ1v) is 9.66. The smallest absolute Gasteiger partial charge is 0.223 e. The average Bonchev–Trinajstić information content (AvgIpc) is 2.97. The van der Waals surface area contributed by atoms with Crippen LogP contribution in [0.4, 0.5) is 0 Å². The van der Waals surface area contributed by atoms with Gasteiger partial charge in [0.25, 0.3) is 0 Å². The third-order valence-corrected chi connectivity index (χ3v) is 5.63. The van der Waals surface area contributed by atoms with Gasteiger partial charge in [-0.1, -0.05) is 6.92 Å². The summed E-state index contributed by atoms with van der Waals surface area (Å²) in [5.41, 5.74) is 2.55. The number of benzene rings is 1. The molecule has 1 aromatic heterocycles. The van der Waals surface area contributed by atoms with Crippen LogP contribution in [-0.2, 0) is 18.4 Å². The molecule has 0 saturated carbocycles. The lowest BCUT2D eigenvalue weighted by Gasteiger charge is -2.31. The molecule has 1 N–H and O–H groups in total. The quantitative estimate of drug-likeness (QED) is 0.863. The first-order valence-electron chi connectivity index (χ1n) is 9.66. The van der Waals surface area contributed by atoms with E-state index >= 15 is 0 Å². The molecular formula is C21H31N3O2. The van der Waals surface area contributed by atoms with Gasteiger partial charge in [0.1, 0.15) is 5.75 Å².